The molecule has 0 bridgehead atoms. The Bertz CT molecular complexity index is 1530. The van der Waals surface area contributed by atoms with Crippen molar-refractivity contribution < 1.29 is 4.79 Å². The van der Waals surface area contributed by atoms with E-state index in [9.17, 15) is 10.1 Å². The normalized spacial score (nSPS) is 13.7. The number of amides is 1. The van der Waals surface area contributed by atoms with Crippen LogP contribution in [0.3, 0.4) is 0 Å². The van der Waals surface area contributed by atoms with Crippen LogP contribution in [0.2, 0.25) is 0 Å². The van der Waals surface area contributed by atoms with Crippen molar-refractivity contribution in [3.8, 4) is 23.0 Å². The van der Waals surface area contributed by atoms with Crippen LogP contribution in [0.5, 0.6) is 0 Å². The zero-order valence-electron chi connectivity index (χ0n) is 21.3. The van der Waals surface area contributed by atoms with E-state index in [0.29, 0.717) is 28.1 Å². The van der Waals surface area contributed by atoms with E-state index >= 15 is 0 Å². The summed E-state index contributed by atoms with van der Waals surface area (Å²) in [6.07, 6.45) is 6.61. The number of carbonyl (C=O) groups excluding carboxylic acids is 1. The lowest BCUT2D eigenvalue weighted by atomic mass is 10.0. The molecule has 1 aliphatic heterocycles. The highest BCUT2D eigenvalue weighted by Gasteiger charge is 2.18. The molecule has 38 heavy (non-hydrogen) atoms. The molecule has 1 saturated heterocycles. The molecule has 0 saturated carbocycles. The van der Waals surface area contributed by atoms with Crippen LogP contribution in [0.15, 0.2) is 67.9 Å². The molecule has 10 nitrogen and oxygen atoms in total. The van der Waals surface area contributed by atoms with Crippen molar-refractivity contribution in [3.63, 3.8) is 0 Å². The predicted octanol–water partition coefficient (Wildman–Crippen LogP) is 3.57. The van der Waals surface area contributed by atoms with Gasteiger partial charge in [0.1, 0.15) is 12.0 Å². The molecule has 0 aliphatic carbocycles. The van der Waals surface area contributed by atoms with Crippen molar-refractivity contribution in [2.75, 3.05) is 43.4 Å². The lowest BCUT2D eigenvalue weighted by molar-refractivity contribution is 0.102. The first kappa shape index (κ1) is 24.8. The third kappa shape index (κ3) is 5.28. The minimum absolute atomic E-state index is 0.275. The maximum atomic E-state index is 13.4. The van der Waals surface area contributed by atoms with Gasteiger partial charge in [-0.1, -0.05) is 17.9 Å². The van der Waals surface area contributed by atoms with Crippen LogP contribution in [-0.4, -0.2) is 69.0 Å². The SMILES string of the molecule is C=C(C#N)c1cc(C(=O)Nc2ccc(C)c(-n3cc(-c4cncnc4)nn3)c2)cc(N2CCN(C)CC2)c1. The van der Waals surface area contributed by atoms with Gasteiger partial charge in [-0.05, 0) is 55.4 Å². The molecule has 10 heteroatoms. The fraction of sp³-hybridized carbons (Fsp3) is 0.214. The fourth-order valence-corrected chi connectivity index (χ4v) is 4.31. The summed E-state index contributed by atoms with van der Waals surface area (Å²) >= 11 is 0. The Morgan fingerprint density at radius 2 is 1.79 bits per heavy atom. The average molecular weight is 506 g/mol. The number of carbonyl (C=O) groups is 1. The van der Waals surface area contributed by atoms with Gasteiger partial charge >= 0.3 is 0 Å². The van der Waals surface area contributed by atoms with Gasteiger partial charge in [-0.25, -0.2) is 14.6 Å². The Morgan fingerprint density at radius 3 is 2.53 bits per heavy atom. The number of benzene rings is 2. The Balaban J connectivity index is 1.41. The summed E-state index contributed by atoms with van der Waals surface area (Å²) in [4.78, 5) is 26.0. The molecule has 3 heterocycles. The van der Waals surface area contributed by atoms with Gasteiger partial charge in [0.05, 0.1) is 23.5 Å². The van der Waals surface area contributed by atoms with Crippen LogP contribution in [-0.2, 0) is 0 Å². The van der Waals surface area contributed by atoms with Gasteiger partial charge in [0.2, 0.25) is 0 Å². The van der Waals surface area contributed by atoms with E-state index in [-0.39, 0.29) is 5.91 Å². The van der Waals surface area contributed by atoms with Crippen LogP contribution in [0.25, 0.3) is 22.5 Å². The van der Waals surface area contributed by atoms with Crippen LogP contribution in [0.1, 0.15) is 21.5 Å². The molecule has 0 spiro atoms. The number of aromatic nitrogens is 5. The van der Waals surface area contributed by atoms with Gasteiger partial charge in [0, 0.05) is 61.1 Å². The van der Waals surface area contributed by atoms with Gasteiger partial charge in [-0.15, -0.1) is 5.10 Å². The van der Waals surface area contributed by atoms with Gasteiger partial charge in [0.15, 0.2) is 0 Å². The highest BCUT2D eigenvalue weighted by Crippen LogP contribution is 2.26. The van der Waals surface area contributed by atoms with E-state index in [1.54, 1.807) is 29.3 Å². The fourth-order valence-electron chi connectivity index (χ4n) is 4.31. The van der Waals surface area contributed by atoms with Crippen LogP contribution < -0.4 is 10.2 Å². The number of nitrogens with zero attached hydrogens (tertiary/aromatic N) is 8. The summed E-state index contributed by atoms with van der Waals surface area (Å²) < 4.78 is 1.66. The second-order valence-corrected chi connectivity index (χ2v) is 9.28. The van der Waals surface area contributed by atoms with Crippen molar-refractivity contribution >= 4 is 22.9 Å². The number of aryl methyl sites for hydroxylation is 1. The van der Waals surface area contributed by atoms with Gasteiger partial charge in [-0.2, -0.15) is 5.26 Å². The minimum Gasteiger partial charge on any atom is -0.369 e. The molecule has 4 aromatic rings. The number of hydrogen-bond acceptors (Lipinski definition) is 8. The molecule has 0 atom stereocenters. The number of anilines is 2. The second-order valence-electron chi connectivity index (χ2n) is 9.28. The van der Waals surface area contributed by atoms with E-state index in [1.807, 2.05) is 37.3 Å². The van der Waals surface area contributed by atoms with E-state index in [4.69, 9.17) is 0 Å². The Hall–Kier alpha value is -4.88. The molecule has 1 amide bonds. The summed E-state index contributed by atoms with van der Waals surface area (Å²) in [7, 11) is 2.09. The molecule has 1 N–H and O–H groups in total. The number of piperazine rings is 1. The van der Waals surface area contributed by atoms with E-state index < -0.39 is 0 Å². The lowest BCUT2D eigenvalue weighted by Crippen LogP contribution is -2.44. The number of allylic oxidation sites excluding steroid dienone is 1. The van der Waals surface area contributed by atoms with Gasteiger partial charge < -0.3 is 15.1 Å². The Labute approximate surface area is 220 Å². The molecule has 1 fully saturated rings. The first-order valence-corrected chi connectivity index (χ1v) is 12.2. The molecule has 2 aromatic carbocycles. The van der Waals surface area contributed by atoms with Crippen LogP contribution in [0.4, 0.5) is 11.4 Å². The molecule has 0 radical (unpaired) electrons. The molecule has 5 rings (SSSR count). The third-order valence-corrected chi connectivity index (χ3v) is 6.60. The molecule has 0 unspecified atom stereocenters. The van der Waals surface area contributed by atoms with Crippen LogP contribution >= 0.6 is 0 Å². The molecule has 2 aromatic heterocycles. The summed E-state index contributed by atoms with van der Waals surface area (Å²) in [5.74, 6) is -0.275. The summed E-state index contributed by atoms with van der Waals surface area (Å²) in [6.45, 7) is 9.37. The monoisotopic (exact) mass is 505 g/mol. The average Bonchev–Trinajstić information content (AvgIpc) is 3.44. The zero-order valence-corrected chi connectivity index (χ0v) is 21.3. The Morgan fingerprint density at radius 1 is 1.05 bits per heavy atom. The largest absolute Gasteiger partial charge is 0.369 e. The van der Waals surface area contributed by atoms with E-state index in [0.717, 1.165) is 48.7 Å². The highest BCUT2D eigenvalue weighted by atomic mass is 16.1. The number of nitrogens with one attached hydrogen (secondary N) is 1. The number of hydrogen-bond donors (Lipinski definition) is 1. The summed E-state index contributed by atoms with van der Waals surface area (Å²) in [6, 6.07) is 13.2. The van der Waals surface area contributed by atoms with Crippen molar-refractivity contribution in [1.82, 2.24) is 29.9 Å². The smallest absolute Gasteiger partial charge is 0.255 e. The zero-order chi connectivity index (χ0) is 26.6. The molecule has 1 aliphatic rings. The van der Waals surface area contributed by atoms with Crippen molar-refractivity contribution in [1.29, 1.82) is 5.26 Å². The van der Waals surface area contributed by atoms with Gasteiger partial charge in [-0.3, -0.25) is 4.79 Å². The molecule has 190 valence electrons. The number of rotatable bonds is 6. The minimum atomic E-state index is -0.275. The van der Waals surface area contributed by atoms with Crippen molar-refractivity contribution in [2.24, 2.45) is 0 Å². The predicted molar refractivity (Wildman–Crippen MR) is 146 cm³/mol. The second kappa shape index (κ2) is 10.6. The quantitative estimate of drug-likeness (QED) is 0.396. The van der Waals surface area contributed by atoms with E-state index in [2.05, 4.69) is 55.1 Å². The molecular weight excluding hydrogens is 478 g/mol. The van der Waals surface area contributed by atoms with E-state index in [1.165, 1.54) is 6.33 Å². The van der Waals surface area contributed by atoms with Crippen molar-refractivity contribution in [3.05, 3.63) is 84.6 Å². The number of nitriles is 1. The highest BCUT2D eigenvalue weighted by molar-refractivity contribution is 6.05. The lowest BCUT2D eigenvalue weighted by Gasteiger charge is -2.34. The maximum Gasteiger partial charge on any atom is 0.255 e. The summed E-state index contributed by atoms with van der Waals surface area (Å²) in [5, 5.41) is 20.9. The molecular formula is C28H27N9O. The topological polar surface area (TPSA) is 116 Å². The first-order valence-electron chi connectivity index (χ1n) is 12.2. The standard InChI is InChI=1S/C28H27N9O/c1-19-4-5-24(13-27(19)37-17-26(33-34-37)23-15-30-18-31-16-23)32-28(38)22-10-21(20(2)14-29)11-25(12-22)36-8-6-35(3)7-9-36/h4-5,10-13,15-18H,2,6-9H2,1,3H3,(H,32,38). The first-order chi connectivity index (χ1) is 18.4. The third-order valence-electron chi connectivity index (χ3n) is 6.60. The summed E-state index contributed by atoms with van der Waals surface area (Å²) in [5.41, 5.74) is 6.08. The van der Waals surface area contributed by atoms with Gasteiger partial charge in [0.25, 0.3) is 5.91 Å². The number of likely N-dealkylation sites (N-methyl/N-ethyl adjacent to an activating group) is 1. The maximum absolute atomic E-state index is 13.4. The van der Waals surface area contributed by atoms with Crippen LogP contribution in [0, 0.1) is 18.3 Å². The Kier molecular flexibility index (Phi) is 6.93. The van der Waals surface area contributed by atoms with Crippen molar-refractivity contribution in [2.45, 2.75) is 6.92 Å².